The molecule has 4 rings (SSSR count). The summed E-state index contributed by atoms with van der Waals surface area (Å²) in [7, 11) is 0. The van der Waals surface area contributed by atoms with E-state index >= 15 is 0 Å². The number of thioether (sulfide) groups is 1. The topological polar surface area (TPSA) is 72.2 Å². The van der Waals surface area contributed by atoms with E-state index in [0.717, 1.165) is 11.3 Å². The number of carbonyl (C=O) groups excluding carboxylic acids is 1. The third-order valence-electron chi connectivity index (χ3n) is 4.54. The molecule has 1 amide bonds. The molecule has 0 fully saturated rings. The zero-order valence-corrected chi connectivity index (χ0v) is 21.1. The molecular weight excluding hydrogens is 536 g/mol. The lowest BCUT2D eigenvalue weighted by Gasteiger charge is -2.10. The molecule has 172 valence electrons. The molecule has 1 N–H and O–H groups in total. The van der Waals surface area contributed by atoms with Crippen molar-refractivity contribution in [1.29, 1.82) is 0 Å². The lowest BCUT2D eigenvalue weighted by Crippen LogP contribution is -2.20. The van der Waals surface area contributed by atoms with E-state index in [-0.39, 0.29) is 11.7 Å². The molecule has 0 spiro atoms. The molecule has 11 heteroatoms. The molecule has 0 aliphatic heterocycles. The number of amides is 1. The smallest absolute Gasteiger partial charge is 0.250 e. The van der Waals surface area contributed by atoms with Gasteiger partial charge in [0.05, 0.1) is 22.0 Å². The summed E-state index contributed by atoms with van der Waals surface area (Å²) in [6.45, 7) is 0. The van der Waals surface area contributed by atoms with E-state index < -0.39 is 0 Å². The Morgan fingerprint density at radius 3 is 2.18 bits per heavy atom. The number of hydrazone groups is 1. The molecule has 1 heterocycles. The maximum absolute atomic E-state index is 12.4. The van der Waals surface area contributed by atoms with E-state index in [4.69, 9.17) is 46.4 Å². The van der Waals surface area contributed by atoms with Gasteiger partial charge in [0.2, 0.25) is 0 Å². The second-order valence-corrected chi connectivity index (χ2v) is 9.47. The molecule has 0 saturated carbocycles. The summed E-state index contributed by atoms with van der Waals surface area (Å²) < 4.78 is 1.85. The summed E-state index contributed by atoms with van der Waals surface area (Å²) in [6.07, 6.45) is 1.40. The Morgan fingerprint density at radius 2 is 1.53 bits per heavy atom. The number of hydrogen-bond donors (Lipinski definition) is 1. The normalized spacial score (nSPS) is 11.2. The minimum absolute atomic E-state index is 0.0555. The molecule has 0 unspecified atom stereocenters. The number of nitrogens with zero attached hydrogens (tertiary/aromatic N) is 4. The lowest BCUT2D eigenvalue weighted by molar-refractivity contribution is -0.118. The molecule has 0 saturated heterocycles. The van der Waals surface area contributed by atoms with Crippen molar-refractivity contribution in [2.45, 2.75) is 5.16 Å². The van der Waals surface area contributed by atoms with Crippen molar-refractivity contribution < 1.29 is 4.79 Å². The van der Waals surface area contributed by atoms with Crippen molar-refractivity contribution in [3.63, 3.8) is 0 Å². The molecule has 3 aromatic carbocycles. The zero-order chi connectivity index (χ0) is 24.1. The maximum atomic E-state index is 12.4. The Labute approximate surface area is 219 Å². The molecule has 0 aliphatic rings. The lowest BCUT2D eigenvalue weighted by atomic mass is 10.2. The zero-order valence-electron chi connectivity index (χ0n) is 17.3. The predicted molar refractivity (Wildman–Crippen MR) is 140 cm³/mol. The van der Waals surface area contributed by atoms with Crippen LogP contribution in [0.5, 0.6) is 0 Å². The number of halogens is 4. The van der Waals surface area contributed by atoms with Gasteiger partial charge in [0.15, 0.2) is 11.0 Å². The van der Waals surface area contributed by atoms with Crippen molar-refractivity contribution in [2.75, 3.05) is 5.75 Å². The highest BCUT2D eigenvalue weighted by atomic mass is 35.5. The Balaban J connectivity index is 1.52. The molecule has 0 aliphatic carbocycles. The summed E-state index contributed by atoms with van der Waals surface area (Å²) in [4.78, 5) is 12.4. The second kappa shape index (κ2) is 11.3. The van der Waals surface area contributed by atoms with E-state index in [2.05, 4.69) is 20.7 Å². The van der Waals surface area contributed by atoms with Crippen molar-refractivity contribution in [3.05, 3.63) is 92.4 Å². The van der Waals surface area contributed by atoms with Crippen molar-refractivity contribution >= 4 is 70.3 Å². The SMILES string of the molecule is O=C(CSc1nnc(-c2ccc(Cl)cc2)n1-c1ccc(Cl)cc1)N/N=C\c1c(Cl)cccc1Cl. The minimum Gasteiger partial charge on any atom is -0.272 e. The van der Waals surface area contributed by atoms with Gasteiger partial charge in [-0.2, -0.15) is 5.10 Å². The van der Waals surface area contributed by atoms with Crippen molar-refractivity contribution in [3.8, 4) is 17.1 Å². The van der Waals surface area contributed by atoms with Gasteiger partial charge in [-0.25, -0.2) is 5.43 Å². The Hall–Kier alpha value is -2.55. The van der Waals surface area contributed by atoms with Crippen molar-refractivity contribution in [1.82, 2.24) is 20.2 Å². The summed E-state index contributed by atoms with van der Waals surface area (Å²) in [5.41, 5.74) is 4.62. The van der Waals surface area contributed by atoms with Gasteiger partial charge in [-0.1, -0.05) is 64.2 Å². The number of nitrogens with one attached hydrogen (secondary N) is 1. The van der Waals surface area contributed by atoms with Gasteiger partial charge in [-0.15, -0.1) is 10.2 Å². The second-order valence-electron chi connectivity index (χ2n) is 6.84. The summed E-state index contributed by atoms with van der Waals surface area (Å²) in [6, 6.07) is 19.6. The molecule has 34 heavy (non-hydrogen) atoms. The van der Waals surface area contributed by atoms with Gasteiger partial charge >= 0.3 is 0 Å². The molecule has 0 radical (unpaired) electrons. The van der Waals surface area contributed by atoms with E-state index in [1.165, 1.54) is 18.0 Å². The summed E-state index contributed by atoms with van der Waals surface area (Å²) >= 11 is 25.5. The first-order valence-electron chi connectivity index (χ1n) is 9.78. The maximum Gasteiger partial charge on any atom is 0.250 e. The van der Waals surface area contributed by atoms with Crippen LogP contribution in [0.3, 0.4) is 0 Å². The molecule has 0 atom stereocenters. The number of hydrogen-bond acceptors (Lipinski definition) is 5. The number of carbonyl (C=O) groups is 1. The van der Waals surface area contributed by atoms with Gasteiger partial charge in [-0.3, -0.25) is 9.36 Å². The quantitative estimate of drug-likeness (QED) is 0.156. The van der Waals surface area contributed by atoms with Crippen LogP contribution in [0.4, 0.5) is 0 Å². The molecule has 0 bridgehead atoms. The van der Waals surface area contributed by atoms with Gasteiger partial charge in [0, 0.05) is 26.9 Å². The van der Waals surface area contributed by atoms with Crippen LogP contribution in [0, 0.1) is 0 Å². The molecular formula is C23H15Cl4N5OS. The third kappa shape index (κ3) is 5.92. The highest BCUT2D eigenvalue weighted by Crippen LogP contribution is 2.29. The first-order valence-corrected chi connectivity index (χ1v) is 12.3. The van der Waals surface area contributed by atoms with Crippen LogP contribution >= 0.6 is 58.2 Å². The van der Waals surface area contributed by atoms with Gasteiger partial charge in [-0.05, 0) is 60.7 Å². The first kappa shape index (κ1) is 24.6. The van der Waals surface area contributed by atoms with E-state index in [9.17, 15) is 4.79 Å². The Kier molecular flexibility index (Phi) is 8.13. The van der Waals surface area contributed by atoms with E-state index in [0.29, 0.717) is 36.6 Å². The number of rotatable bonds is 7. The monoisotopic (exact) mass is 549 g/mol. The van der Waals surface area contributed by atoms with E-state index in [1.54, 1.807) is 42.5 Å². The molecule has 1 aromatic heterocycles. The van der Waals surface area contributed by atoms with Crippen LogP contribution in [0.15, 0.2) is 77.0 Å². The van der Waals surface area contributed by atoms with Crippen LogP contribution in [0.1, 0.15) is 5.56 Å². The standard InChI is InChI=1S/C23H15Cl4N5OS/c24-15-6-4-14(5-7-15)22-30-31-23(32(22)17-10-8-16(25)9-11-17)34-13-21(33)29-28-12-18-19(26)2-1-3-20(18)27/h1-12H,13H2,(H,29,33)/b28-12-. The van der Waals surface area contributed by atoms with Gasteiger partial charge in [0.1, 0.15) is 0 Å². The Morgan fingerprint density at radius 1 is 0.912 bits per heavy atom. The minimum atomic E-state index is -0.330. The van der Waals surface area contributed by atoms with Gasteiger partial charge < -0.3 is 0 Å². The summed E-state index contributed by atoms with van der Waals surface area (Å²) in [5.74, 6) is 0.330. The Bertz CT molecular complexity index is 1320. The highest BCUT2D eigenvalue weighted by Gasteiger charge is 2.17. The van der Waals surface area contributed by atoms with E-state index in [1.807, 2.05) is 28.8 Å². The largest absolute Gasteiger partial charge is 0.272 e. The van der Waals surface area contributed by atoms with Crippen LogP contribution in [-0.2, 0) is 4.79 Å². The fourth-order valence-corrected chi connectivity index (χ4v) is 4.43. The molecule has 6 nitrogen and oxygen atoms in total. The highest BCUT2D eigenvalue weighted by molar-refractivity contribution is 7.99. The first-order chi connectivity index (χ1) is 16.4. The summed E-state index contributed by atoms with van der Waals surface area (Å²) in [5, 5.41) is 15.2. The van der Waals surface area contributed by atoms with Crippen LogP contribution in [0.2, 0.25) is 20.1 Å². The van der Waals surface area contributed by atoms with Gasteiger partial charge in [0.25, 0.3) is 5.91 Å². The predicted octanol–water partition coefficient (Wildman–Crippen LogP) is 6.79. The van der Waals surface area contributed by atoms with Crippen LogP contribution < -0.4 is 5.43 Å². The fraction of sp³-hybridized carbons (Fsp3) is 0.0435. The van der Waals surface area contributed by atoms with Crippen molar-refractivity contribution in [2.24, 2.45) is 5.10 Å². The van der Waals surface area contributed by atoms with Crippen LogP contribution in [-0.4, -0.2) is 32.6 Å². The molecule has 4 aromatic rings. The number of aromatic nitrogens is 3. The average Bonchev–Trinajstić information content (AvgIpc) is 3.24. The van der Waals surface area contributed by atoms with Crippen LogP contribution in [0.25, 0.3) is 17.1 Å². The number of benzene rings is 3. The fourth-order valence-electron chi connectivity index (χ4n) is 2.94. The average molecular weight is 551 g/mol. The third-order valence-corrected chi connectivity index (χ3v) is 6.63.